The van der Waals surface area contributed by atoms with E-state index in [-0.39, 0.29) is 5.41 Å². The topological polar surface area (TPSA) is 12.0 Å². The smallest absolute Gasteiger partial charge is 0.0384 e. The first-order valence-electron chi connectivity index (χ1n) is 14.0. The van der Waals surface area contributed by atoms with Gasteiger partial charge in [-0.1, -0.05) is 111 Å². The lowest BCUT2D eigenvalue weighted by atomic mass is 9.76. The molecular formula is C39H29N. The molecule has 0 spiro atoms. The molecule has 1 nitrogen and oxygen atoms in total. The van der Waals surface area contributed by atoms with Crippen LogP contribution in [0.15, 0.2) is 139 Å². The molecule has 6 aromatic carbocycles. The molecule has 190 valence electrons. The highest BCUT2D eigenvalue weighted by Gasteiger charge is 2.30. The van der Waals surface area contributed by atoms with Crippen molar-refractivity contribution in [3.8, 4) is 11.1 Å². The zero-order valence-corrected chi connectivity index (χ0v) is 22.7. The first kappa shape index (κ1) is 23.0. The van der Waals surface area contributed by atoms with E-state index in [4.69, 9.17) is 0 Å². The van der Waals surface area contributed by atoms with Gasteiger partial charge < -0.3 is 5.32 Å². The van der Waals surface area contributed by atoms with Crippen molar-refractivity contribution < 1.29 is 0 Å². The van der Waals surface area contributed by atoms with Crippen molar-refractivity contribution in [1.29, 1.82) is 0 Å². The van der Waals surface area contributed by atoms with Gasteiger partial charge in [0.05, 0.1) is 0 Å². The van der Waals surface area contributed by atoms with E-state index in [9.17, 15) is 0 Å². The molecule has 0 aliphatic heterocycles. The number of hydrogen-bond donors (Lipinski definition) is 1. The van der Waals surface area contributed by atoms with Gasteiger partial charge in [0.25, 0.3) is 0 Å². The van der Waals surface area contributed by atoms with Gasteiger partial charge in [-0.15, -0.1) is 0 Å². The highest BCUT2D eigenvalue weighted by Crippen LogP contribution is 2.42. The van der Waals surface area contributed by atoms with Crippen LogP contribution in [0.25, 0.3) is 55.1 Å². The Kier molecular flexibility index (Phi) is 4.93. The number of rotatable bonds is 3. The summed E-state index contributed by atoms with van der Waals surface area (Å²) in [4.78, 5) is 0. The number of hydrogen-bond acceptors (Lipinski definition) is 1. The van der Waals surface area contributed by atoms with Crippen LogP contribution in [0.5, 0.6) is 0 Å². The molecule has 6 aromatic rings. The lowest BCUT2D eigenvalue weighted by Gasteiger charge is -2.30. The molecule has 0 saturated heterocycles. The standard InChI is InChI=1S/C39H29N/c1-39(2)24-30(40-29-18-16-26(17-19-29)25-10-4-3-5-11-25)21-28-20-27-22-36-33-14-8-6-12-31(33)32-13-7-9-15-34(32)37(36)23-35(27)38(28)39/h3-24,40H,1-2H3. The number of benzene rings is 6. The van der Waals surface area contributed by atoms with Crippen molar-refractivity contribution >= 4 is 49.7 Å². The Morgan fingerprint density at radius 2 is 1.07 bits per heavy atom. The van der Waals surface area contributed by atoms with Gasteiger partial charge in [0.1, 0.15) is 0 Å². The molecule has 40 heavy (non-hydrogen) atoms. The molecular weight excluding hydrogens is 482 g/mol. The van der Waals surface area contributed by atoms with Gasteiger partial charge in [0.15, 0.2) is 0 Å². The number of fused-ring (bicyclic) bond motifs is 8. The molecule has 2 aliphatic carbocycles. The van der Waals surface area contributed by atoms with Crippen LogP contribution in [0.2, 0.25) is 0 Å². The summed E-state index contributed by atoms with van der Waals surface area (Å²) in [7, 11) is 0. The van der Waals surface area contributed by atoms with E-state index < -0.39 is 0 Å². The van der Waals surface area contributed by atoms with E-state index >= 15 is 0 Å². The second-order valence-electron chi connectivity index (χ2n) is 11.6. The van der Waals surface area contributed by atoms with E-state index in [1.807, 2.05) is 0 Å². The Morgan fingerprint density at radius 3 is 1.73 bits per heavy atom. The van der Waals surface area contributed by atoms with Crippen LogP contribution in [-0.2, 0) is 0 Å². The maximum atomic E-state index is 3.69. The minimum Gasteiger partial charge on any atom is -0.356 e. The van der Waals surface area contributed by atoms with Crippen molar-refractivity contribution in [1.82, 2.24) is 0 Å². The SMILES string of the molecule is CC1(C)C=C(Nc2ccc(-c3ccccc3)cc2)C=C2C=c3cc4c5ccccc5c5ccccc5c4cc3=C21. The minimum atomic E-state index is -0.113. The molecule has 0 radical (unpaired) electrons. The number of anilines is 1. The second-order valence-corrected chi connectivity index (χ2v) is 11.6. The molecule has 0 bridgehead atoms. The van der Waals surface area contributed by atoms with Gasteiger partial charge in [-0.25, -0.2) is 0 Å². The van der Waals surface area contributed by atoms with Gasteiger partial charge >= 0.3 is 0 Å². The summed E-state index contributed by atoms with van der Waals surface area (Å²) in [6, 6.07) is 41.8. The summed E-state index contributed by atoms with van der Waals surface area (Å²) < 4.78 is 0. The van der Waals surface area contributed by atoms with E-state index in [0.29, 0.717) is 0 Å². The average Bonchev–Trinajstić information content (AvgIpc) is 3.35. The molecule has 1 heteroatoms. The van der Waals surface area contributed by atoms with Crippen molar-refractivity contribution in [2.24, 2.45) is 5.41 Å². The molecule has 8 rings (SSSR count). The van der Waals surface area contributed by atoms with Gasteiger partial charge in [-0.2, -0.15) is 0 Å². The molecule has 0 atom stereocenters. The van der Waals surface area contributed by atoms with Crippen LogP contribution in [-0.4, -0.2) is 0 Å². The van der Waals surface area contributed by atoms with Gasteiger partial charge in [0, 0.05) is 16.8 Å². The van der Waals surface area contributed by atoms with E-state index in [1.54, 1.807) is 0 Å². The Balaban J connectivity index is 1.25. The van der Waals surface area contributed by atoms with Crippen LogP contribution in [0.1, 0.15) is 13.8 Å². The number of nitrogens with one attached hydrogen (secondary N) is 1. The minimum absolute atomic E-state index is 0.113. The lowest BCUT2D eigenvalue weighted by molar-refractivity contribution is 0.639. The fourth-order valence-corrected chi connectivity index (χ4v) is 6.82. The van der Waals surface area contributed by atoms with E-state index in [1.165, 1.54) is 65.0 Å². The van der Waals surface area contributed by atoms with Gasteiger partial charge in [0.2, 0.25) is 0 Å². The monoisotopic (exact) mass is 511 g/mol. The van der Waals surface area contributed by atoms with Crippen molar-refractivity contribution in [3.63, 3.8) is 0 Å². The summed E-state index contributed by atoms with van der Waals surface area (Å²) in [5.41, 5.74) is 7.30. The lowest BCUT2D eigenvalue weighted by Crippen LogP contribution is -2.28. The Morgan fingerprint density at radius 1 is 0.525 bits per heavy atom. The molecule has 2 aliphatic rings. The normalized spacial score (nSPS) is 15.4. The largest absolute Gasteiger partial charge is 0.356 e. The fourth-order valence-electron chi connectivity index (χ4n) is 6.82. The Labute approximate surface area is 234 Å². The first-order chi connectivity index (χ1) is 19.5. The highest BCUT2D eigenvalue weighted by molar-refractivity contribution is 6.25. The molecule has 0 heterocycles. The van der Waals surface area contributed by atoms with E-state index in [2.05, 4.69) is 153 Å². The molecule has 0 unspecified atom stereocenters. The summed E-state index contributed by atoms with van der Waals surface area (Å²) >= 11 is 0. The van der Waals surface area contributed by atoms with Crippen molar-refractivity contribution in [2.75, 3.05) is 5.32 Å². The van der Waals surface area contributed by atoms with Crippen LogP contribution < -0.4 is 15.8 Å². The van der Waals surface area contributed by atoms with Crippen LogP contribution in [0.3, 0.4) is 0 Å². The summed E-state index contributed by atoms with van der Waals surface area (Å²) in [6.45, 7) is 4.67. The predicted octanol–water partition coefficient (Wildman–Crippen LogP) is 8.72. The highest BCUT2D eigenvalue weighted by atomic mass is 14.9. The first-order valence-corrected chi connectivity index (χ1v) is 14.0. The molecule has 0 saturated carbocycles. The van der Waals surface area contributed by atoms with Gasteiger partial charge in [-0.05, 0) is 101 Å². The predicted molar refractivity (Wildman–Crippen MR) is 172 cm³/mol. The third kappa shape index (κ3) is 3.55. The Hall–Kier alpha value is -4.88. The molecule has 1 N–H and O–H groups in total. The number of allylic oxidation sites excluding steroid dienone is 3. The molecule has 0 aromatic heterocycles. The summed E-state index contributed by atoms with van der Waals surface area (Å²) in [6.07, 6.45) is 7.07. The summed E-state index contributed by atoms with van der Waals surface area (Å²) in [5, 5.41) is 14.3. The fraction of sp³-hybridized carbons (Fsp3) is 0.0769. The second kappa shape index (κ2) is 8.56. The molecule has 0 amide bonds. The Bertz CT molecular complexity index is 2180. The van der Waals surface area contributed by atoms with Gasteiger partial charge in [-0.3, -0.25) is 0 Å². The molecule has 0 fully saturated rings. The zero-order chi connectivity index (χ0) is 26.8. The van der Waals surface area contributed by atoms with E-state index in [0.717, 1.165) is 11.4 Å². The zero-order valence-electron chi connectivity index (χ0n) is 22.7. The van der Waals surface area contributed by atoms with Crippen LogP contribution >= 0.6 is 0 Å². The van der Waals surface area contributed by atoms with Crippen LogP contribution in [0.4, 0.5) is 5.69 Å². The average molecular weight is 512 g/mol. The van der Waals surface area contributed by atoms with Crippen LogP contribution in [0, 0.1) is 5.41 Å². The third-order valence-electron chi connectivity index (χ3n) is 8.54. The quantitative estimate of drug-likeness (QED) is 0.234. The maximum Gasteiger partial charge on any atom is 0.0384 e. The third-order valence-corrected chi connectivity index (χ3v) is 8.54. The van der Waals surface area contributed by atoms with Crippen molar-refractivity contribution in [3.05, 3.63) is 149 Å². The van der Waals surface area contributed by atoms with Crippen molar-refractivity contribution in [2.45, 2.75) is 13.8 Å². The summed E-state index contributed by atoms with van der Waals surface area (Å²) in [5.74, 6) is 0. The maximum absolute atomic E-state index is 3.69.